The van der Waals surface area contributed by atoms with Gasteiger partial charge in [0.15, 0.2) is 17.2 Å². The number of ether oxygens (including phenoxy) is 3. The first-order valence-corrected chi connectivity index (χ1v) is 11.2. The van der Waals surface area contributed by atoms with E-state index in [1.807, 2.05) is 20.8 Å². The molecule has 0 bridgehead atoms. The molecule has 184 valence electrons. The van der Waals surface area contributed by atoms with Gasteiger partial charge in [-0.25, -0.2) is 9.37 Å². The van der Waals surface area contributed by atoms with Crippen LogP contribution >= 0.6 is 0 Å². The summed E-state index contributed by atoms with van der Waals surface area (Å²) < 4.78 is 29.6. The van der Waals surface area contributed by atoms with E-state index >= 15 is 0 Å². The van der Waals surface area contributed by atoms with E-state index in [9.17, 15) is 18.8 Å². The summed E-state index contributed by atoms with van der Waals surface area (Å²) in [5.74, 6) is -2.94. The van der Waals surface area contributed by atoms with Gasteiger partial charge in [-0.1, -0.05) is 26.8 Å². The van der Waals surface area contributed by atoms with Gasteiger partial charge in [0.1, 0.15) is 11.9 Å². The topological polar surface area (TPSA) is 91.8 Å². The zero-order valence-corrected chi connectivity index (χ0v) is 20.7. The number of esters is 2. The second kappa shape index (κ2) is 11.7. The number of benzene rings is 1. The first-order chi connectivity index (χ1) is 16.0. The minimum Gasteiger partial charge on any atom is -0.493 e. The Morgan fingerprint density at radius 1 is 1.09 bits per heavy atom. The monoisotopic (exact) mass is 473 g/mol. The van der Waals surface area contributed by atoms with Gasteiger partial charge in [-0.15, -0.1) is 0 Å². The zero-order valence-electron chi connectivity index (χ0n) is 20.7. The molecule has 1 aromatic heterocycles. The average molecular weight is 474 g/mol. The van der Waals surface area contributed by atoms with Crippen LogP contribution in [-0.2, 0) is 14.3 Å². The van der Waals surface area contributed by atoms with Gasteiger partial charge in [0.25, 0.3) is 0 Å². The molecular formula is C26H32FNO6. The molecule has 8 heteroatoms. The van der Waals surface area contributed by atoms with E-state index in [1.165, 1.54) is 38.4 Å². The molecule has 0 amide bonds. The summed E-state index contributed by atoms with van der Waals surface area (Å²) in [6.07, 6.45) is 0.692. The van der Waals surface area contributed by atoms with E-state index in [1.54, 1.807) is 19.9 Å². The molecule has 34 heavy (non-hydrogen) atoms. The Morgan fingerprint density at radius 2 is 1.76 bits per heavy atom. The molecule has 0 unspecified atom stereocenters. The number of hydrogen-bond acceptors (Lipinski definition) is 7. The van der Waals surface area contributed by atoms with Crippen molar-refractivity contribution in [2.45, 2.75) is 60.0 Å². The van der Waals surface area contributed by atoms with Crippen molar-refractivity contribution in [3.05, 3.63) is 53.1 Å². The molecule has 2 rings (SSSR count). The van der Waals surface area contributed by atoms with Crippen LogP contribution in [0.4, 0.5) is 4.39 Å². The Bertz CT molecular complexity index is 1050. The maximum absolute atomic E-state index is 13.5. The lowest BCUT2D eigenvalue weighted by molar-refractivity contribution is -0.155. The number of aromatic nitrogens is 1. The minimum atomic E-state index is -0.741. The molecule has 0 radical (unpaired) electrons. The lowest BCUT2D eigenvalue weighted by atomic mass is 9.89. The predicted octanol–water partition coefficient (Wildman–Crippen LogP) is 5.04. The first-order valence-electron chi connectivity index (χ1n) is 11.2. The molecule has 0 saturated carbocycles. The van der Waals surface area contributed by atoms with E-state index < -0.39 is 29.7 Å². The third-order valence-corrected chi connectivity index (χ3v) is 5.84. The third kappa shape index (κ3) is 6.62. The van der Waals surface area contributed by atoms with Crippen molar-refractivity contribution in [1.82, 2.24) is 4.98 Å². The van der Waals surface area contributed by atoms with E-state index in [2.05, 4.69) is 4.98 Å². The first kappa shape index (κ1) is 27.0. The van der Waals surface area contributed by atoms with Gasteiger partial charge in [-0.2, -0.15) is 0 Å². The highest BCUT2D eigenvalue weighted by Gasteiger charge is 2.32. The summed E-state index contributed by atoms with van der Waals surface area (Å²) in [6, 6.07) is 5.99. The number of nitrogens with zero attached hydrogens (tertiary/aromatic N) is 1. The number of methoxy groups -OCH3 is 1. The molecule has 7 nitrogen and oxygen atoms in total. The summed E-state index contributed by atoms with van der Waals surface area (Å²) in [4.78, 5) is 41.8. The molecular weight excluding hydrogens is 441 g/mol. The number of pyridine rings is 1. The standard InChI is InChI=1S/C26H32FNO6/c1-14(2)21(13-22(30)24-25(34-18(6)29)23(32-7)10-11-28-24)26(31)33-17(5)16(4)20-9-8-19(27)12-15(20)3/h8-12,14,16-17,21H,13H2,1-7H3/t16-,17-,21-/m0/s1. The fourth-order valence-corrected chi connectivity index (χ4v) is 3.70. The van der Waals surface area contributed by atoms with Crippen LogP contribution in [0, 0.1) is 24.6 Å². The number of ketones is 1. The predicted molar refractivity (Wildman–Crippen MR) is 124 cm³/mol. The molecule has 0 spiro atoms. The van der Waals surface area contributed by atoms with Gasteiger partial charge in [0.2, 0.25) is 5.75 Å². The smallest absolute Gasteiger partial charge is 0.309 e. The number of carbonyl (C=O) groups excluding carboxylic acids is 3. The Balaban J connectivity index is 2.21. The van der Waals surface area contributed by atoms with Crippen LogP contribution in [0.2, 0.25) is 0 Å². The van der Waals surface area contributed by atoms with Gasteiger partial charge in [0, 0.05) is 31.5 Å². The number of rotatable bonds is 10. The normalized spacial score (nSPS) is 13.7. The summed E-state index contributed by atoms with van der Waals surface area (Å²) >= 11 is 0. The van der Waals surface area contributed by atoms with Crippen LogP contribution in [0.1, 0.15) is 68.6 Å². The van der Waals surface area contributed by atoms with E-state index in [0.717, 1.165) is 11.1 Å². The number of hydrogen-bond donors (Lipinski definition) is 0. The van der Waals surface area contributed by atoms with Crippen LogP contribution < -0.4 is 9.47 Å². The van der Waals surface area contributed by atoms with Gasteiger partial charge in [0.05, 0.1) is 13.0 Å². The van der Waals surface area contributed by atoms with E-state index in [4.69, 9.17) is 14.2 Å². The maximum Gasteiger partial charge on any atom is 0.309 e. The number of halogens is 1. The molecule has 0 aliphatic carbocycles. The van der Waals surface area contributed by atoms with Gasteiger partial charge >= 0.3 is 11.9 Å². The fraction of sp³-hybridized carbons (Fsp3) is 0.462. The Morgan fingerprint density at radius 3 is 2.32 bits per heavy atom. The molecule has 0 aliphatic heterocycles. The largest absolute Gasteiger partial charge is 0.493 e. The van der Waals surface area contributed by atoms with Crippen molar-refractivity contribution in [2.75, 3.05) is 7.11 Å². The van der Waals surface area contributed by atoms with Crippen molar-refractivity contribution >= 4 is 17.7 Å². The van der Waals surface area contributed by atoms with Crippen LogP contribution in [0.3, 0.4) is 0 Å². The number of Topliss-reactive ketones (excluding diaryl/α,β-unsaturated/α-hetero) is 1. The van der Waals surface area contributed by atoms with Crippen LogP contribution in [-0.4, -0.2) is 35.9 Å². The third-order valence-electron chi connectivity index (χ3n) is 5.84. The minimum absolute atomic E-state index is 0.0767. The van der Waals surface area contributed by atoms with Crippen molar-refractivity contribution in [3.63, 3.8) is 0 Å². The van der Waals surface area contributed by atoms with E-state index in [0.29, 0.717) is 0 Å². The summed E-state index contributed by atoms with van der Waals surface area (Å²) in [7, 11) is 1.39. The molecule has 1 aromatic carbocycles. The maximum atomic E-state index is 13.5. The molecule has 0 N–H and O–H groups in total. The lowest BCUT2D eigenvalue weighted by Gasteiger charge is -2.26. The van der Waals surface area contributed by atoms with Gasteiger partial charge in [-0.05, 0) is 43.0 Å². The SMILES string of the molecule is COc1ccnc(C(=O)C[C@H](C(=O)O[C@@H](C)[C@H](C)c2ccc(F)cc2C)C(C)C)c1OC(C)=O. The summed E-state index contributed by atoms with van der Waals surface area (Å²) in [6.45, 7) is 10.3. The van der Waals surface area contributed by atoms with Crippen LogP contribution in [0.15, 0.2) is 30.5 Å². The lowest BCUT2D eigenvalue weighted by Crippen LogP contribution is -2.30. The second-order valence-corrected chi connectivity index (χ2v) is 8.69. The molecule has 3 atom stereocenters. The van der Waals surface area contributed by atoms with Crippen molar-refractivity contribution in [1.29, 1.82) is 0 Å². The highest BCUT2D eigenvalue weighted by Crippen LogP contribution is 2.32. The van der Waals surface area contributed by atoms with Gasteiger partial charge < -0.3 is 14.2 Å². The molecule has 1 heterocycles. The molecule has 0 saturated heterocycles. The zero-order chi connectivity index (χ0) is 25.6. The van der Waals surface area contributed by atoms with Crippen molar-refractivity contribution < 1.29 is 33.0 Å². The highest BCUT2D eigenvalue weighted by atomic mass is 19.1. The average Bonchev–Trinajstić information content (AvgIpc) is 2.76. The van der Waals surface area contributed by atoms with Crippen molar-refractivity contribution in [2.24, 2.45) is 11.8 Å². The Hall–Kier alpha value is -3.29. The second-order valence-electron chi connectivity index (χ2n) is 8.69. The Labute approximate surface area is 199 Å². The summed E-state index contributed by atoms with van der Waals surface area (Å²) in [5, 5.41) is 0. The molecule has 2 aromatic rings. The summed E-state index contributed by atoms with van der Waals surface area (Å²) in [5.41, 5.74) is 1.56. The Kier molecular flexibility index (Phi) is 9.29. The highest BCUT2D eigenvalue weighted by molar-refractivity contribution is 6.00. The number of aryl methyl sites for hydroxylation is 1. The fourth-order valence-electron chi connectivity index (χ4n) is 3.70. The quantitative estimate of drug-likeness (QED) is 0.352. The van der Waals surface area contributed by atoms with E-state index in [-0.39, 0.29) is 41.3 Å². The van der Waals surface area contributed by atoms with Crippen LogP contribution in [0.5, 0.6) is 11.5 Å². The molecule has 0 fully saturated rings. The van der Waals surface area contributed by atoms with Crippen molar-refractivity contribution in [3.8, 4) is 11.5 Å². The molecule has 0 aliphatic rings. The number of carbonyl (C=O) groups is 3. The van der Waals surface area contributed by atoms with Gasteiger partial charge in [-0.3, -0.25) is 14.4 Å². The van der Waals surface area contributed by atoms with Crippen LogP contribution in [0.25, 0.3) is 0 Å².